The quantitative estimate of drug-likeness (QED) is 0.381. The fraction of sp³-hybridized carbons (Fsp3) is 0.154. The van der Waals surface area contributed by atoms with Gasteiger partial charge in [0.15, 0.2) is 0 Å². The first-order chi connectivity index (χ1) is 13.5. The van der Waals surface area contributed by atoms with Crippen LogP contribution in [-0.4, -0.2) is 11.3 Å². The predicted molar refractivity (Wildman–Crippen MR) is 117 cm³/mol. The van der Waals surface area contributed by atoms with Crippen LogP contribution >= 0.6 is 0 Å². The average molecular weight is 364 g/mol. The van der Waals surface area contributed by atoms with E-state index in [1.807, 2.05) is 4.58 Å². The second-order valence-electron chi connectivity index (χ2n) is 7.91. The lowest BCUT2D eigenvalue weighted by Gasteiger charge is -2.37. The molecule has 5 rings (SSSR count). The van der Waals surface area contributed by atoms with E-state index in [1.165, 1.54) is 55.9 Å². The highest BCUT2D eigenvalue weighted by Crippen LogP contribution is 2.51. The third-order valence-corrected chi connectivity index (χ3v) is 6.05. The van der Waals surface area contributed by atoms with Crippen LogP contribution in [-0.2, 0) is 0 Å². The highest BCUT2D eigenvalue weighted by Gasteiger charge is 2.41. The van der Waals surface area contributed by atoms with Crippen LogP contribution in [0.15, 0.2) is 60.8 Å². The van der Waals surface area contributed by atoms with Crippen molar-refractivity contribution in [3.63, 3.8) is 0 Å². The lowest BCUT2D eigenvalue weighted by molar-refractivity contribution is -0.416. The molecule has 2 aliphatic rings. The van der Waals surface area contributed by atoms with E-state index in [1.54, 1.807) is 0 Å². The smallest absolute Gasteiger partial charge is 0.221 e. The summed E-state index contributed by atoms with van der Waals surface area (Å²) in [6.07, 6.45) is 3.30. The maximum absolute atomic E-state index is 4.35. The number of anilines is 1. The maximum atomic E-state index is 4.35. The Morgan fingerprint density at radius 2 is 1.46 bits per heavy atom. The molecule has 0 bridgehead atoms. The summed E-state index contributed by atoms with van der Waals surface area (Å²) in [7, 11) is 0. The lowest BCUT2D eigenvalue weighted by atomic mass is 9.88. The van der Waals surface area contributed by atoms with E-state index in [4.69, 9.17) is 0 Å². The molecule has 3 aromatic rings. The van der Waals surface area contributed by atoms with Gasteiger partial charge in [0.05, 0.1) is 12.4 Å². The van der Waals surface area contributed by atoms with Crippen LogP contribution in [0.25, 0.3) is 16.8 Å². The van der Waals surface area contributed by atoms with Crippen molar-refractivity contribution in [1.82, 2.24) is 0 Å². The van der Waals surface area contributed by atoms with Crippen LogP contribution in [0.1, 0.15) is 33.4 Å². The van der Waals surface area contributed by atoms with Gasteiger partial charge in [-0.2, -0.15) is 0 Å². The summed E-state index contributed by atoms with van der Waals surface area (Å²) in [6, 6.07) is 19.8. The van der Waals surface area contributed by atoms with Gasteiger partial charge in [0, 0.05) is 11.3 Å². The van der Waals surface area contributed by atoms with E-state index >= 15 is 0 Å². The van der Waals surface area contributed by atoms with E-state index in [2.05, 4.69) is 100 Å². The maximum Gasteiger partial charge on any atom is 0.221 e. The van der Waals surface area contributed by atoms with Gasteiger partial charge in [-0.25, -0.2) is 0 Å². The summed E-state index contributed by atoms with van der Waals surface area (Å²) in [5.41, 5.74) is 12.7. The molecular weight excluding hydrogens is 340 g/mol. The third-order valence-electron chi connectivity index (χ3n) is 6.05. The average Bonchev–Trinajstić information content (AvgIpc) is 3.00. The topological polar surface area (TPSA) is 6.25 Å². The second kappa shape index (κ2) is 5.87. The van der Waals surface area contributed by atoms with Crippen LogP contribution in [0.3, 0.4) is 0 Å². The molecule has 2 nitrogen and oxygen atoms in total. The molecule has 0 saturated carbocycles. The van der Waals surface area contributed by atoms with Crippen LogP contribution in [0.5, 0.6) is 0 Å². The minimum Gasteiger partial charge on any atom is -0.291 e. The third kappa shape index (κ3) is 2.21. The molecule has 138 valence electrons. The zero-order chi connectivity index (χ0) is 19.6. The second-order valence-corrected chi connectivity index (χ2v) is 7.91. The normalized spacial score (nSPS) is 14.6. The molecule has 2 heterocycles. The van der Waals surface area contributed by atoms with Crippen molar-refractivity contribution >= 4 is 18.1 Å². The summed E-state index contributed by atoms with van der Waals surface area (Å²) in [5, 5.41) is 0. The SMILES string of the molecule is C=[N+]1C=C(c2c(C)cccc2C)N2c3cc(C)c(C)cc3-c3ccccc3[C-]21. The van der Waals surface area contributed by atoms with Crippen molar-refractivity contribution in [2.24, 2.45) is 0 Å². The molecule has 0 saturated heterocycles. The van der Waals surface area contributed by atoms with E-state index in [0.717, 1.165) is 6.17 Å². The van der Waals surface area contributed by atoms with E-state index in [-0.39, 0.29) is 0 Å². The van der Waals surface area contributed by atoms with Gasteiger partial charge in [-0.15, -0.1) is 6.07 Å². The van der Waals surface area contributed by atoms with Crippen molar-refractivity contribution in [3.8, 4) is 11.1 Å². The first-order valence-corrected chi connectivity index (χ1v) is 9.73. The first-order valence-electron chi connectivity index (χ1n) is 9.73. The molecule has 0 radical (unpaired) electrons. The van der Waals surface area contributed by atoms with Gasteiger partial charge in [-0.05, 0) is 67.1 Å². The molecule has 2 heteroatoms. The molecular formula is C26H24N2. The molecule has 0 unspecified atom stereocenters. The van der Waals surface area contributed by atoms with Crippen molar-refractivity contribution in [2.75, 3.05) is 4.90 Å². The first kappa shape index (κ1) is 16.9. The predicted octanol–water partition coefficient (Wildman–Crippen LogP) is 5.97. The Morgan fingerprint density at radius 1 is 0.786 bits per heavy atom. The van der Waals surface area contributed by atoms with Gasteiger partial charge in [0.25, 0.3) is 0 Å². The number of rotatable bonds is 1. The largest absolute Gasteiger partial charge is 0.291 e. The van der Waals surface area contributed by atoms with Crippen LogP contribution < -0.4 is 4.90 Å². The van der Waals surface area contributed by atoms with Gasteiger partial charge >= 0.3 is 0 Å². The Morgan fingerprint density at radius 3 is 2.21 bits per heavy atom. The summed E-state index contributed by atoms with van der Waals surface area (Å²) >= 11 is 0. The fourth-order valence-corrected chi connectivity index (χ4v) is 4.54. The van der Waals surface area contributed by atoms with Crippen LogP contribution in [0.2, 0.25) is 0 Å². The van der Waals surface area contributed by atoms with Gasteiger partial charge in [0.2, 0.25) is 6.17 Å². The van der Waals surface area contributed by atoms with Crippen molar-refractivity contribution < 1.29 is 4.58 Å². The highest BCUT2D eigenvalue weighted by atomic mass is 15.4. The Kier molecular flexibility index (Phi) is 3.54. The van der Waals surface area contributed by atoms with E-state index in [0.29, 0.717) is 0 Å². The molecule has 2 aliphatic heterocycles. The molecule has 0 N–H and O–H groups in total. The Balaban J connectivity index is 1.83. The van der Waals surface area contributed by atoms with Gasteiger partial charge in [-0.3, -0.25) is 9.48 Å². The monoisotopic (exact) mass is 364 g/mol. The van der Waals surface area contributed by atoms with Gasteiger partial charge in [0.1, 0.15) is 6.20 Å². The molecule has 0 fully saturated rings. The number of aryl methyl sites for hydroxylation is 4. The highest BCUT2D eigenvalue weighted by molar-refractivity contribution is 5.97. The minimum atomic E-state index is 1.13. The molecule has 0 atom stereocenters. The Labute approximate surface area is 167 Å². The Hall–Kier alpha value is -3.26. The number of benzene rings is 3. The minimum absolute atomic E-state index is 1.13. The zero-order valence-electron chi connectivity index (χ0n) is 16.9. The zero-order valence-corrected chi connectivity index (χ0v) is 16.9. The van der Waals surface area contributed by atoms with Crippen molar-refractivity contribution in [1.29, 1.82) is 0 Å². The molecule has 0 spiro atoms. The summed E-state index contributed by atoms with van der Waals surface area (Å²) in [6.45, 7) is 13.1. The van der Waals surface area contributed by atoms with E-state index < -0.39 is 0 Å². The number of nitrogens with zero attached hydrogens (tertiary/aromatic N) is 2. The fourth-order valence-electron chi connectivity index (χ4n) is 4.54. The van der Waals surface area contributed by atoms with Crippen molar-refractivity contribution in [3.05, 3.63) is 100 Å². The molecule has 0 amide bonds. The van der Waals surface area contributed by atoms with Gasteiger partial charge < -0.3 is 0 Å². The summed E-state index contributed by atoms with van der Waals surface area (Å²) in [4.78, 5) is 2.40. The standard InChI is InChI=1S/C26H24N2/c1-16-9-8-10-17(2)25(16)24-15-27(5)26-21-12-7-6-11-20(21)22-13-18(3)19(4)14-23(22)28(24)26/h6-15H,5H2,1-4H3. The van der Waals surface area contributed by atoms with Crippen LogP contribution in [0, 0.1) is 33.9 Å². The molecule has 3 aromatic carbocycles. The van der Waals surface area contributed by atoms with Gasteiger partial charge in [-0.1, -0.05) is 48.0 Å². The molecule has 28 heavy (non-hydrogen) atoms. The van der Waals surface area contributed by atoms with Crippen molar-refractivity contribution in [2.45, 2.75) is 27.7 Å². The van der Waals surface area contributed by atoms with Crippen LogP contribution in [0.4, 0.5) is 5.69 Å². The number of hydrogen-bond donors (Lipinski definition) is 0. The summed E-state index contributed by atoms with van der Waals surface area (Å²) in [5.74, 6) is 0. The number of fused-ring (bicyclic) bond motifs is 6. The summed E-state index contributed by atoms with van der Waals surface area (Å²) < 4.78 is 2.03. The number of hydrogen-bond acceptors (Lipinski definition) is 1. The molecule has 0 aliphatic carbocycles. The Bertz CT molecular complexity index is 1160. The molecule has 0 aromatic heterocycles. The lowest BCUT2D eigenvalue weighted by Crippen LogP contribution is -2.32. The van der Waals surface area contributed by atoms with E-state index in [9.17, 15) is 0 Å².